The molecule has 0 saturated carbocycles. The Labute approximate surface area is 126 Å². The van der Waals surface area contributed by atoms with Gasteiger partial charge in [0, 0.05) is 10.0 Å². The van der Waals surface area contributed by atoms with Crippen LogP contribution >= 0.6 is 27.3 Å². The molecule has 0 spiro atoms. The first-order chi connectivity index (χ1) is 9.63. The second-order valence-electron chi connectivity index (χ2n) is 3.98. The zero-order chi connectivity index (χ0) is 14.1. The van der Waals surface area contributed by atoms with Crippen LogP contribution in [0.4, 0.5) is 4.39 Å². The molecule has 0 bridgehead atoms. The van der Waals surface area contributed by atoms with Gasteiger partial charge >= 0.3 is 5.97 Å². The molecule has 1 aromatic heterocycles. The Morgan fingerprint density at radius 1 is 1.35 bits per heavy atom. The summed E-state index contributed by atoms with van der Waals surface area (Å²) in [5.74, 6) is -0.743. The molecule has 0 saturated heterocycles. The third-order valence-electron chi connectivity index (χ3n) is 2.60. The molecular formula is C14H7BrFNO2S. The van der Waals surface area contributed by atoms with Gasteiger partial charge in [-0.3, -0.25) is 0 Å². The highest BCUT2D eigenvalue weighted by molar-refractivity contribution is 9.10. The van der Waals surface area contributed by atoms with Gasteiger partial charge in [-0.05, 0) is 35.7 Å². The van der Waals surface area contributed by atoms with E-state index < -0.39 is 11.8 Å². The van der Waals surface area contributed by atoms with Crippen molar-refractivity contribution < 1.29 is 13.9 Å². The predicted molar refractivity (Wildman–Crippen MR) is 79.0 cm³/mol. The SMILES string of the molecule is O=C1OC(c2cccs2)=N/C1=C\c1cc(Br)ccc1F. The molecule has 0 radical (unpaired) electrons. The number of carbonyl (C=O) groups is 1. The Kier molecular flexibility index (Phi) is 3.50. The van der Waals surface area contributed by atoms with E-state index in [0.29, 0.717) is 0 Å². The number of rotatable bonds is 2. The lowest BCUT2D eigenvalue weighted by molar-refractivity contribution is -0.129. The topological polar surface area (TPSA) is 38.7 Å². The molecule has 6 heteroatoms. The third-order valence-corrected chi connectivity index (χ3v) is 3.95. The summed E-state index contributed by atoms with van der Waals surface area (Å²) < 4.78 is 19.5. The van der Waals surface area contributed by atoms with E-state index in [1.807, 2.05) is 11.4 Å². The van der Waals surface area contributed by atoms with Crippen LogP contribution in [0, 0.1) is 5.82 Å². The number of cyclic esters (lactones) is 1. The van der Waals surface area contributed by atoms with E-state index in [0.717, 1.165) is 9.35 Å². The average molecular weight is 352 g/mol. The molecule has 0 amide bonds. The molecule has 0 atom stereocenters. The highest BCUT2D eigenvalue weighted by Gasteiger charge is 2.25. The minimum absolute atomic E-state index is 0.0883. The Balaban J connectivity index is 1.99. The minimum Gasteiger partial charge on any atom is -0.401 e. The Hall–Kier alpha value is -1.79. The second kappa shape index (κ2) is 5.30. The zero-order valence-corrected chi connectivity index (χ0v) is 12.4. The molecule has 2 heterocycles. The Morgan fingerprint density at radius 2 is 2.20 bits per heavy atom. The van der Waals surface area contributed by atoms with Crippen LogP contribution in [0.15, 0.2) is 50.9 Å². The van der Waals surface area contributed by atoms with Crippen molar-refractivity contribution in [2.45, 2.75) is 0 Å². The van der Waals surface area contributed by atoms with Crippen LogP contribution in [0.25, 0.3) is 6.08 Å². The molecule has 1 aromatic carbocycles. The lowest BCUT2D eigenvalue weighted by Crippen LogP contribution is -2.03. The van der Waals surface area contributed by atoms with Crippen molar-refractivity contribution >= 4 is 45.2 Å². The maximum atomic E-state index is 13.7. The van der Waals surface area contributed by atoms with Gasteiger partial charge in [0.15, 0.2) is 5.70 Å². The molecule has 3 rings (SSSR count). The zero-order valence-electron chi connectivity index (χ0n) is 9.97. The van der Waals surface area contributed by atoms with Gasteiger partial charge in [-0.15, -0.1) is 11.3 Å². The van der Waals surface area contributed by atoms with Crippen LogP contribution in [0.2, 0.25) is 0 Å². The van der Waals surface area contributed by atoms with Gasteiger partial charge in [-0.25, -0.2) is 14.2 Å². The summed E-state index contributed by atoms with van der Waals surface area (Å²) >= 11 is 4.68. The number of hydrogen-bond donors (Lipinski definition) is 0. The van der Waals surface area contributed by atoms with Gasteiger partial charge in [-0.2, -0.15) is 0 Å². The van der Waals surface area contributed by atoms with E-state index >= 15 is 0 Å². The van der Waals surface area contributed by atoms with E-state index in [-0.39, 0.29) is 17.2 Å². The summed E-state index contributed by atoms with van der Waals surface area (Å²) in [5.41, 5.74) is 0.368. The largest absolute Gasteiger partial charge is 0.401 e. The first kappa shape index (κ1) is 13.2. The molecule has 100 valence electrons. The van der Waals surface area contributed by atoms with Crippen LogP contribution in [-0.2, 0) is 9.53 Å². The van der Waals surface area contributed by atoms with E-state index in [2.05, 4.69) is 20.9 Å². The van der Waals surface area contributed by atoms with Crippen molar-refractivity contribution in [3.05, 3.63) is 62.1 Å². The number of benzene rings is 1. The van der Waals surface area contributed by atoms with Crippen LogP contribution in [0.1, 0.15) is 10.4 Å². The van der Waals surface area contributed by atoms with Crippen LogP contribution in [0.3, 0.4) is 0 Å². The number of ether oxygens (including phenoxy) is 1. The summed E-state index contributed by atoms with van der Waals surface area (Å²) in [6.45, 7) is 0. The molecule has 0 aliphatic carbocycles. The number of carbonyl (C=O) groups excluding carboxylic acids is 1. The summed E-state index contributed by atoms with van der Waals surface area (Å²) in [4.78, 5) is 16.6. The van der Waals surface area contributed by atoms with Crippen LogP contribution < -0.4 is 0 Å². The number of nitrogens with zero attached hydrogens (tertiary/aromatic N) is 1. The van der Waals surface area contributed by atoms with Crippen molar-refractivity contribution in [3.63, 3.8) is 0 Å². The van der Waals surface area contributed by atoms with E-state index in [1.165, 1.54) is 23.5 Å². The number of hydrogen-bond acceptors (Lipinski definition) is 4. The number of halogens is 2. The van der Waals surface area contributed by atoms with E-state index in [1.54, 1.807) is 18.2 Å². The molecule has 20 heavy (non-hydrogen) atoms. The maximum Gasteiger partial charge on any atom is 0.363 e. The lowest BCUT2D eigenvalue weighted by Gasteiger charge is -1.98. The lowest BCUT2D eigenvalue weighted by atomic mass is 10.2. The molecule has 1 aliphatic rings. The second-order valence-corrected chi connectivity index (χ2v) is 5.84. The molecule has 0 unspecified atom stereocenters. The summed E-state index contributed by atoms with van der Waals surface area (Å²) in [6.07, 6.45) is 1.38. The van der Waals surface area contributed by atoms with Crippen molar-refractivity contribution in [3.8, 4) is 0 Å². The Bertz CT molecular complexity index is 738. The normalized spacial score (nSPS) is 16.4. The first-order valence-corrected chi connectivity index (χ1v) is 7.32. The number of esters is 1. The highest BCUT2D eigenvalue weighted by Crippen LogP contribution is 2.23. The Morgan fingerprint density at radius 3 is 2.95 bits per heavy atom. The van der Waals surface area contributed by atoms with Crippen molar-refractivity contribution in [2.75, 3.05) is 0 Å². The minimum atomic E-state index is -0.576. The molecule has 2 aromatic rings. The predicted octanol–water partition coefficient (Wildman–Crippen LogP) is 3.99. The van der Waals surface area contributed by atoms with Crippen molar-refractivity contribution in [2.24, 2.45) is 4.99 Å². The average Bonchev–Trinajstić information content (AvgIpc) is 3.04. The van der Waals surface area contributed by atoms with Crippen LogP contribution in [0.5, 0.6) is 0 Å². The molecule has 0 fully saturated rings. The van der Waals surface area contributed by atoms with Gasteiger partial charge in [0.1, 0.15) is 5.82 Å². The summed E-state index contributed by atoms with van der Waals surface area (Å²) in [7, 11) is 0. The standard InChI is InChI=1S/C14H7BrFNO2S/c15-9-3-4-10(16)8(6-9)7-11-14(18)19-13(17-11)12-2-1-5-20-12/h1-7H/b11-7-. The fourth-order valence-corrected chi connectivity index (χ4v) is 2.72. The van der Waals surface area contributed by atoms with Gasteiger partial charge in [0.25, 0.3) is 0 Å². The van der Waals surface area contributed by atoms with E-state index in [9.17, 15) is 9.18 Å². The quantitative estimate of drug-likeness (QED) is 0.606. The molecular weight excluding hydrogens is 345 g/mol. The fourth-order valence-electron chi connectivity index (χ4n) is 1.69. The number of thiophene rings is 1. The van der Waals surface area contributed by atoms with Gasteiger partial charge in [0.05, 0.1) is 4.88 Å². The first-order valence-electron chi connectivity index (χ1n) is 5.65. The molecule has 0 N–H and O–H groups in total. The molecule has 1 aliphatic heterocycles. The molecule has 3 nitrogen and oxygen atoms in total. The van der Waals surface area contributed by atoms with E-state index in [4.69, 9.17) is 4.74 Å². The third kappa shape index (κ3) is 2.57. The van der Waals surface area contributed by atoms with Gasteiger partial charge in [-0.1, -0.05) is 22.0 Å². The van der Waals surface area contributed by atoms with Crippen molar-refractivity contribution in [1.29, 1.82) is 0 Å². The monoisotopic (exact) mass is 351 g/mol. The van der Waals surface area contributed by atoms with Crippen molar-refractivity contribution in [1.82, 2.24) is 0 Å². The highest BCUT2D eigenvalue weighted by atomic mass is 79.9. The summed E-state index contributed by atoms with van der Waals surface area (Å²) in [6, 6.07) is 8.13. The number of aliphatic imine (C=N–C) groups is 1. The van der Waals surface area contributed by atoms with Crippen LogP contribution in [-0.4, -0.2) is 11.9 Å². The van der Waals surface area contributed by atoms with Gasteiger partial charge < -0.3 is 4.74 Å². The van der Waals surface area contributed by atoms with Gasteiger partial charge in [0.2, 0.25) is 5.90 Å². The maximum absolute atomic E-state index is 13.7. The summed E-state index contributed by atoms with van der Waals surface area (Å²) in [5, 5.41) is 1.86. The smallest absolute Gasteiger partial charge is 0.363 e. The fraction of sp³-hybridized carbons (Fsp3) is 0.